The highest BCUT2D eigenvalue weighted by molar-refractivity contribution is 6.06. The lowest BCUT2D eigenvalue weighted by Crippen LogP contribution is -2.55. The number of nitrogens with zero attached hydrogens (tertiary/aromatic N) is 2. The molecule has 1 aliphatic carbocycles. The number of fused-ring (bicyclic) bond motifs is 3. The van der Waals surface area contributed by atoms with Gasteiger partial charge in [0.1, 0.15) is 12.4 Å². The Morgan fingerprint density at radius 2 is 1.94 bits per heavy atom. The smallest absolute Gasteiger partial charge is 0.244 e. The lowest BCUT2D eigenvalue weighted by molar-refractivity contribution is -0.145. The lowest BCUT2D eigenvalue weighted by atomic mass is 9.79. The van der Waals surface area contributed by atoms with Crippen LogP contribution in [0.25, 0.3) is 0 Å². The molecule has 0 saturated carbocycles. The predicted octanol–water partition coefficient (Wildman–Crippen LogP) is 2.88. The quantitative estimate of drug-likeness (QED) is 0.613. The molecule has 3 N–H and O–H groups in total. The molecule has 190 valence electrons. The molecule has 8 heteroatoms. The Morgan fingerprint density at radius 3 is 2.69 bits per heavy atom. The minimum atomic E-state index is -0.644. The number of carbonyl (C=O) groups is 3. The summed E-state index contributed by atoms with van der Waals surface area (Å²) < 4.78 is 0. The second-order valence-corrected chi connectivity index (χ2v) is 11.7. The molecule has 1 saturated heterocycles. The van der Waals surface area contributed by atoms with Crippen molar-refractivity contribution >= 4 is 29.2 Å². The highest BCUT2D eigenvalue weighted by atomic mass is 16.2. The minimum Gasteiger partial charge on any atom is -0.329 e. The molecule has 36 heavy (non-hydrogen) atoms. The van der Waals surface area contributed by atoms with Crippen LogP contribution in [0.15, 0.2) is 36.5 Å². The van der Waals surface area contributed by atoms with E-state index in [1.165, 1.54) is 0 Å². The van der Waals surface area contributed by atoms with Crippen LogP contribution in [0.5, 0.6) is 0 Å². The third-order valence-corrected chi connectivity index (χ3v) is 7.67. The summed E-state index contributed by atoms with van der Waals surface area (Å²) in [5, 5.41) is 9.32. The van der Waals surface area contributed by atoms with Gasteiger partial charge in [-0.05, 0) is 61.1 Å². The summed E-state index contributed by atoms with van der Waals surface area (Å²) in [6.45, 7) is 9.47. The van der Waals surface area contributed by atoms with Crippen LogP contribution < -0.4 is 16.0 Å². The minimum absolute atomic E-state index is 0.0116. The number of amides is 3. The molecule has 1 aromatic carbocycles. The van der Waals surface area contributed by atoms with E-state index in [0.717, 1.165) is 29.7 Å². The third-order valence-electron chi connectivity index (χ3n) is 7.67. The summed E-state index contributed by atoms with van der Waals surface area (Å²) in [7, 11) is 0. The summed E-state index contributed by atoms with van der Waals surface area (Å²) in [6.07, 6.45) is 3.74. The van der Waals surface area contributed by atoms with Crippen molar-refractivity contribution in [3.63, 3.8) is 0 Å². The van der Waals surface area contributed by atoms with E-state index in [1.807, 2.05) is 51.1 Å². The maximum Gasteiger partial charge on any atom is 0.244 e. The molecule has 1 spiro atoms. The number of hydrogen-bond acceptors (Lipinski definition) is 5. The standard InChI is InChI=1S/C28H35N5O3/c1-17-10-21(15-29-14-17)33(26(36)27(2,3)4)16-23(34)31-20-8-7-18-12-28(13-19(18)11-20)22-6-5-9-30-24(22)32-25(28)35/h5-9,11,17,21,29H,10,12-16H2,1-4H3,(H,31,34)(H,30,32,35)/t17?,21?,28-/m1/s1. The molecule has 3 aliphatic rings. The molecule has 3 amide bonds. The molecule has 3 heterocycles. The van der Waals surface area contributed by atoms with E-state index in [1.54, 1.807) is 11.1 Å². The van der Waals surface area contributed by atoms with Crippen molar-refractivity contribution in [3.05, 3.63) is 53.2 Å². The summed E-state index contributed by atoms with van der Waals surface area (Å²) >= 11 is 0. The maximum absolute atomic E-state index is 13.3. The van der Waals surface area contributed by atoms with Crippen LogP contribution in [0.2, 0.25) is 0 Å². The van der Waals surface area contributed by atoms with Gasteiger partial charge in [-0.25, -0.2) is 4.98 Å². The number of hydrogen-bond donors (Lipinski definition) is 3. The van der Waals surface area contributed by atoms with Crippen molar-refractivity contribution in [1.29, 1.82) is 0 Å². The Kier molecular flexibility index (Phi) is 6.11. The highest BCUT2D eigenvalue weighted by Crippen LogP contribution is 2.46. The van der Waals surface area contributed by atoms with Crippen molar-refractivity contribution in [1.82, 2.24) is 15.2 Å². The zero-order valence-electron chi connectivity index (χ0n) is 21.5. The number of piperidine rings is 1. The van der Waals surface area contributed by atoms with Crippen LogP contribution >= 0.6 is 0 Å². The third kappa shape index (κ3) is 4.39. The fourth-order valence-corrected chi connectivity index (χ4v) is 5.86. The first kappa shape index (κ1) is 24.4. The first-order valence-corrected chi connectivity index (χ1v) is 12.8. The molecular weight excluding hydrogens is 454 g/mol. The number of pyridine rings is 1. The molecular formula is C28H35N5O3. The van der Waals surface area contributed by atoms with Gasteiger partial charge in [0.2, 0.25) is 17.7 Å². The number of nitrogens with one attached hydrogen (secondary N) is 3. The van der Waals surface area contributed by atoms with Gasteiger partial charge in [-0.15, -0.1) is 0 Å². The van der Waals surface area contributed by atoms with Crippen LogP contribution in [-0.4, -0.2) is 53.3 Å². The predicted molar refractivity (Wildman–Crippen MR) is 139 cm³/mol. The van der Waals surface area contributed by atoms with E-state index < -0.39 is 10.8 Å². The Labute approximate surface area is 212 Å². The van der Waals surface area contributed by atoms with Crippen LogP contribution in [0, 0.1) is 11.3 Å². The summed E-state index contributed by atoms with van der Waals surface area (Å²) in [4.78, 5) is 45.4. The van der Waals surface area contributed by atoms with Gasteiger partial charge in [-0.1, -0.05) is 39.8 Å². The number of aromatic nitrogens is 1. The molecule has 0 bridgehead atoms. The molecule has 2 aromatic rings. The van der Waals surface area contributed by atoms with Gasteiger partial charge in [0.05, 0.1) is 5.41 Å². The van der Waals surface area contributed by atoms with Crippen molar-refractivity contribution in [2.45, 2.75) is 58.4 Å². The van der Waals surface area contributed by atoms with Gasteiger partial charge in [0, 0.05) is 35.4 Å². The second-order valence-electron chi connectivity index (χ2n) is 11.7. The Hall–Kier alpha value is -3.26. The molecule has 2 aliphatic heterocycles. The van der Waals surface area contributed by atoms with Crippen molar-refractivity contribution in [3.8, 4) is 0 Å². The normalized spacial score (nSPS) is 24.7. The first-order chi connectivity index (χ1) is 17.1. The lowest BCUT2D eigenvalue weighted by Gasteiger charge is -2.39. The SMILES string of the molecule is CC1CNCC(N(CC(=O)Nc2ccc3c(c2)C[C@@]2(C3)C(=O)Nc3ncccc32)C(=O)C(C)(C)C)C1. The van der Waals surface area contributed by atoms with E-state index in [4.69, 9.17) is 0 Å². The Bertz CT molecular complexity index is 1220. The number of benzene rings is 1. The summed E-state index contributed by atoms with van der Waals surface area (Å²) in [6, 6.07) is 9.66. The monoisotopic (exact) mass is 489 g/mol. The van der Waals surface area contributed by atoms with E-state index >= 15 is 0 Å². The maximum atomic E-state index is 13.3. The van der Waals surface area contributed by atoms with Crippen molar-refractivity contribution < 1.29 is 14.4 Å². The molecule has 0 radical (unpaired) electrons. The van der Waals surface area contributed by atoms with Crippen LogP contribution in [0.3, 0.4) is 0 Å². The van der Waals surface area contributed by atoms with E-state index in [2.05, 4.69) is 27.9 Å². The Balaban J connectivity index is 1.32. The summed E-state index contributed by atoms with van der Waals surface area (Å²) in [5.41, 5.74) is 2.55. The highest BCUT2D eigenvalue weighted by Gasteiger charge is 2.51. The van der Waals surface area contributed by atoms with Crippen molar-refractivity contribution in [2.75, 3.05) is 30.3 Å². The molecule has 3 atom stereocenters. The number of carbonyl (C=O) groups excluding carboxylic acids is 3. The van der Waals surface area contributed by atoms with Gasteiger partial charge in [0.15, 0.2) is 0 Å². The fraction of sp³-hybridized carbons (Fsp3) is 0.500. The van der Waals surface area contributed by atoms with Crippen LogP contribution in [-0.2, 0) is 32.6 Å². The molecule has 8 nitrogen and oxygen atoms in total. The average Bonchev–Trinajstić information content (AvgIpc) is 3.34. The topological polar surface area (TPSA) is 103 Å². The van der Waals surface area contributed by atoms with Gasteiger partial charge < -0.3 is 20.9 Å². The van der Waals surface area contributed by atoms with Gasteiger partial charge >= 0.3 is 0 Å². The van der Waals surface area contributed by atoms with Gasteiger partial charge in [0.25, 0.3) is 0 Å². The largest absolute Gasteiger partial charge is 0.329 e. The van der Waals surface area contributed by atoms with Crippen molar-refractivity contribution in [2.24, 2.45) is 11.3 Å². The van der Waals surface area contributed by atoms with Crippen LogP contribution in [0.1, 0.15) is 50.8 Å². The second kappa shape index (κ2) is 9.00. The number of anilines is 2. The molecule has 2 unspecified atom stereocenters. The van der Waals surface area contributed by atoms with Gasteiger partial charge in [-0.2, -0.15) is 0 Å². The van der Waals surface area contributed by atoms with Gasteiger partial charge in [-0.3, -0.25) is 14.4 Å². The zero-order valence-corrected chi connectivity index (χ0v) is 21.5. The molecule has 1 fully saturated rings. The summed E-state index contributed by atoms with van der Waals surface area (Å²) in [5.74, 6) is 0.823. The van der Waals surface area contributed by atoms with E-state index in [9.17, 15) is 14.4 Å². The molecule has 5 rings (SSSR count). The molecule has 1 aromatic heterocycles. The number of rotatable bonds is 4. The fourth-order valence-electron chi connectivity index (χ4n) is 5.86. The van der Waals surface area contributed by atoms with Crippen LogP contribution in [0.4, 0.5) is 11.5 Å². The van der Waals surface area contributed by atoms with E-state index in [0.29, 0.717) is 36.8 Å². The van der Waals surface area contributed by atoms with E-state index in [-0.39, 0.29) is 30.3 Å². The zero-order chi connectivity index (χ0) is 25.7. The Morgan fingerprint density at radius 1 is 1.17 bits per heavy atom. The average molecular weight is 490 g/mol. The first-order valence-electron chi connectivity index (χ1n) is 12.8.